The first-order valence-corrected chi connectivity index (χ1v) is 10.7. The molecular formula is C18H24N2O4S. The minimum atomic E-state index is -3.17. The molecular weight excluding hydrogens is 340 g/mol. The Labute approximate surface area is 148 Å². The number of para-hydroxylation sites is 1. The maximum absolute atomic E-state index is 12.3. The molecule has 1 aromatic rings. The fourth-order valence-corrected chi connectivity index (χ4v) is 4.76. The van der Waals surface area contributed by atoms with Gasteiger partial charge in [-0.25, -0.2) is 12.7 Å². The van der Waals surface area contributed by atoms with Crippen LogP contribution in [-0.4, -0.2) is 43.6 Å². The Kier molecular flexibility index (Phi) is 4.03. The van der Waals surface area contributed by atoms with Crippen molar-refractivity contribution in [3.63, 3.8) is 0 Å². The average molecular weight is 364 g/mol. The molecule has 3 aliphatic rings. The molecule has 1 aliphatic carbocycles. The van der Waals surface area contributed by atoms with Crippen LogP contribution in [0, 0.1) is 5.92 Å². The maximum Gasteiger partial charge on any atom is 0.223 e. The minimum absolute atomic E-state index is 0.0668. The topological polar surface area (TPSA) is 75.7 Å². The van der Waals surface area contributed by atoms with Crippen molar-refractivity contribution in [2.75, 3.05) is 19.3 Å². The molecule has 2 heterocycles. The van der Waals surface area contributed by atoms with E-state index < -0.39 is 15.6 Å². The average Bonchev–Trinajstić information content (AvgIpc) is 3.39. The van der Waals surface area contributed by atoms with Gasteiger partial charge in [-0.3, -0.25) is 4.79 Å². The predicted molar refractivity (Wildman–Crippen MR) is 93.7 cm³/mol. The van der Waals surface area contributed by atoms with Crippen LogP contribution in [0.25, 0.3) is 0 Å². The summed E-state index contributed by atoms with van der Waals surface area (Å²) in [5.41, 5.74) is 0.615. The van der Waals surface area contributed by atoms with Gasteiger partial charge in [0.15, 0.2) is 0 Å². The summed E-state index contributed by atoms with van der Waals surface area (Å²) in [6.07, 6.45) is 5.19. The minimum Gasteiger partial charge on any atom is -0.487 e. The second-order valence-electron chi connectivity index (χ2n) is 7.52. The lowest BCUT2D eigenvalue weighted by Gasteiger charge is -2.46. The van der Waals surface area contributed by atoms with Gasteiger partial charge in [-0.15, -0.1) is 0 Å². The van der Waals surface area contributed by atoms with Gasteiger partial charge in [0.25, 0.3) is 0 Å². The third kappa shape index (κ3) is 3.40. The SMILES string of the molecule is CS(=O)(=O)N1CCC2(CC1)C[C@@H](NC(=O)C1CC1)c1ccccc1O2. The molecule has 1 amide bonds. The Morgan fingerprint density at radius 2 is 1.92 bits per heavy atom. The van der Waals surface area contributed by atoms with Gasteiger partial charge in [0.2, 0.25) is 15.9 Å². The highest BCUT2D eigenvalue weighted by molar-refractivity contribution is 7.88. The molecule has 1 spiro atoms. The molecule has 1 aromatic carbocycles. The molecule has 1 atom stereocenters. The van der Waals surface area contributed by atoms with Crippen LogP contribution in [0.4, 0.5) is 0 Å². The zero-order valence-electron chi connectivity index (χ0n) is 14.4. The quantitative estimate of drug-likeness (QED) is 0.888. The summed E-state index contributed by atoms with van der Waals surface area (Å²) in [6, 6.07) is 7.77. The molecule has 25 heavy (non-hydrogen) atoms. The maximum atomic E-state index is 12.3. The number of carbonyl (C=O) groups is 1. The summed E-state index contributed by atoms with van der Waals surface area (Å²) < 4.78 is 31.4. The van der Waals surface area contributed by atoms with Gasteiger partial charge >= 0.3 is 0 Å². The number of carbonyl (C=O) groups excluding carboxylic acids is 1. The lowest BCUT2D eigenvalue weighted by atomic mass is 9.81. The van der Waals surface area contributed by atoms with Crippen molar-refractivity contribution in [1.82, 2.24) is 9.62 Å². The monoisotopic (exact) mass is 364 g/mol. The van der Waals surface area contributed by atoms with Crippen molar-refractivity contribution in [1.29, 1.82) is 0 Å². The van der Waals surface area contributed by atoms with Gasteiger partial charge in [-0.2, -0.15) is 0 Å². The van der Waals surface area contributed by atoms with Crippen LogP contribution in [0.5, 0.6) is 5.75 Å². The van der Waals surface area contributed by atoms with Gasteiger partial charge in [0, 0.05) is 43.8 Å². The summed E-state index contributed by atoms with van der Waals surface area (Å²) in [5, 5.41) is 3.20. The Hall–Kier alpha value is -1.60. The van der Waals surface area contributed by atoms with E-state index in [1.54, 1.807) is 0 Å². The molecule has 0 aromatic heterocycles. The summed E-state index contributed by atoms with van der Waals surface area (Å²) in [5.74, 6) is 1.10. The van der Waals surface area contributed by atoms with Crippen LogP contribution >= 0.6 is 0 Å². The van der Waals surface area contributed by atoms with Gasteiger partial charge in [0.1, 0.15) is 11.4 Å². The first-order chi connectivity index (χ1) is 11.9. The number of ether oxygens (including phenoxy) is 1. The number of hydrogen-bond acceptors (Lipinski definition) is 4. The van der Waals surface area contributed by atoms with Crippen molar-refractivity contribution in [2.24, 2.45) is 5.92 Å². The fourth-order valence-electron chi connectivity index (χ4n) is 3.91. The lowest BCUT2D eigenvalue weighted by Crippen LogP contribution is -2.53. The van der Waals surface area contributed by atoms with E-state index in [2.05, 4.69) is 5.32 Å². The van der Waals surface area contributed by atoms with E-state index in [9.17, 15) is 13.2 Å². The number of nitrogens with zero attached hydrogens (tertiary/aromatic N) is 1. The van der Waals surface area contributed by atoms with Crippen LogP contribution in [0.15, 0.2) is 24.3 Å². The molecule has 4 rings (SSSR count). The number of nitrogens with one attached hydrogen (secondary N) is 1. The standard InChI is InChI=1S/C18H24N2O4S/c1-25(22,23)20-10-8-18(9-11-20)12-15(19-17(21)13-6-7-13)14-4-2-3-5-16(14)24-18/h2-5,13,15H,6-12H2,1H3,(H,19,21)/t15-/m1/s1. The Bertz CT molecular complexity index is 780. The third-order valence-corrected chi connectivity index (χ3v) is 6.87. The molecule has 1 saturated carbocycles. The molecule has 0 unspecified atom stereocenters. The van der Waals surface area contributed by atoms with Crippen molar-refractivity contribution in [2.45, 2.75) is 43.7 Å². The van der Waals surface area contributed by atoms with E-state index in [1.165, 1.54) is 10.6 Å². The van der Waals surface area contributed by atoms with Crippen molar-refractivity contribution in [3.05, 3.63) is 29.8 Å². The first-order valence-electron chi connectivity index (χ1n) is 8.90. The van der Waals surface area contributed by atoms with E-state index in [0.29, 0.717) is 32.4 Å². The first kappa shape index (κ1) is 16.8. The third-order valence-electron chi connectivity index (χ3n) is 5.56. The molecule has 7 heteroatoms. The highest BCUT2D eigenvalue weighted by atomic mass is 32.2. The molecule has 6 nitrogen and oxygen atoms in total. The van der Waals surface area contributed by atoms with Crippen molar-refractivity contribution < 1.29 is 17.9 Å². The van der Waals surface area contributed by atoms with Gasteiger partial charge in [-0.05, 0) is 18.9 Å². The van der Waals surface area contributed by atoms with Crippen LogP contribution in [0.3, 0.4) is 0 Å². The van der Waals surface area contributed by atoms with E-state index in [-0.39, 0.29) is 17.9 Å². The number of sulfonamides is 1. The number of rotatable bonds is 3. The molecule has 0 bridgehead atoms. The highest BCUT2D eigenvalue weighted by Crippen LogP contribution is 2.45. The molecule has 2 fully saturated rings. The van der Waals surface area contributed by atoms with Crippen molar-refractivity contribution >= 4 is 15.9 Å². The number of amides is 1. The smallest absolute Gasteiger partial charge is 0.223 e. The molecule has 1 saturated heterocycles. The normalized spacial score (nSPS) is 25.9. The second-order valence-corrected chi connectivity index (χ2v) is 9.51. The van der Waals surface area contributed by atoms with Crippen LogP contribution in [-0.2, 0) is 14.8 Å². The zero-order valence-corrected chi connectivity index (χ0v) is 15.2. The van der Waals surface area contributed by atoms with Gasteiger partial charge in [0.05, 0.1) is 12.3 Å². The summed E-state index contributed by atoms with van der Waals surface area (Å²) in [7, 11) is -3.17. The van der Waals surface area contributed by atoms with E-state index in [0.717, 1.165) is 24.2 Å². The van der Waals surface area contributed by atoms with E-state index in [4.69, 9.17) is 4.74 Å². The second kappa shape index (κ2) is 5.99. The molecule has 136 valence electrons. The largest absolute Gasteiger partial charge is 0.487 e. The number of fused-ring (bicyclic) bond motifs is 1. The summed E-state index contributed by atoms with van der Waals surface area (Å²) in [4.78, 5) is 12.3. The summed E-state index contributed by atoms with van der Waals surface area (Å²) in [6.45, 7) is 0.925. The molecule has 0 radical (unpaired) electrons. The molecule has 1 N–H and O–H groups in total. The van der Waals surface area contributed by atoms with Crippen LogP contribution in [0.1, 0.15) is 43.7 Å². The van der Waals surface area contributed by atoms with Crippen LogP contribution in [0.2, 0.25) is 0 Å². The van der Waals surface area contributed by atoms with Crippen molar-refractivity contribution in [3.8, 4) is 5.75 Å². The lowest BCUT2D eigenvalue weighted by molar-refractivity contribution is -0.123. The predicted octanol–water partition coefficient (Wildman–Crippen LogP) is 1.83. The Morgan fingerprint density at radius 1 is 1.24 bits per heavy atom. The molecule has 2 aliphatic heterocycles. The Balaban J connectivity index is 1.56. The Morgan fingerprint density at radius 3 is 2.56 bits per heavy atom. The van der Waals surface area contributed by atoms with E-state index >= 15 is 0 Å². The zero-order chi connectivity index (χ0) is 17.7. The van der Waals surface area contributed by atoms with Crippen LogP contribution < -0.4 is 10.1 Å². The van der Waals surface area contributed by atoms with E-state index in [1.807, 2.05) is 24.3 Å². The highest BCUT2D eigenvalue weighted by Gasteiger charge is 2.45. The van der Waals surface area contributed by atoms with Gasteiger partial charge in [-0.1, -0.05) is 18.2 Å². The fraction of sp³-hybridized carbons (Fsp3) is 0.611. The summed E-state index contributed by atoms with van der Waals surface area (Å²) >= 11 is 0. The number of hydrogen-bond donors (Lipinski definition) is 1. The number of piperidine rings is 1. The number of benzene rings is 1. The van der Waals surface area contributed by atoms with Gasteiger partial charge < -0.3 is 10.1 Å².